The van der Waals surface area contributed by atoms with Crippen molar-refractivity contribution in [2.75, 3.05) is 39.3 Å². The van der Waals surface area contributed by atoms with Gasteiger partial charge in [0.2, 0.25) is 0 Å². The summed E-state index contributed by atoms with van der Waals surface area (Å²) in [5.74, 6) is -0.201. The van der Waals surface area contributed by atoms with E-state index in [1.54, 1.807) is 18.3 Å². The molecule has 5 rings (SSSR count). The van der Waals surface area contributed by atoms with Gasteiger partial charge in [-0.1, -0.05) is 12.1 Å². The minimum Gasteiger partial charge on any atom is -0.335 e. The monoisotopic (exact) mass is 470 g/mol. The van der Waals surface area contributed by atoms with Crippen molar-refractivity contribution in [2.24, 2.45) is 0 Å². The maximum absolute atomic E-state index is 13.2. The Morgan fingerprint density at radius 1 is 1.03 bits per heavy atom. The zero-order valence-corrected chi connectivity index (χ0v) is 19.3. The molecule has 0 bridgehead atoms. The van der Waals surface area contributed by atoms with Crippen LogP contribution in [0.2, 0.25) is 0 Å². The third-order valence-electron chi connectivity index (χ3n) is 6.17. The number of piperazine rings is 1. The van der Waals surface area contributed by atoms with Gasteiger partial charge in [-0.3, -0.25) is 14.5 Å². The number of thiazole rings is 1. The van der Waals surface area contributed by atoms with Crippen molar-refractivity contribution in [3.63, 3.8) is 0 Å². The summed E-state index contributed by atoms with van der Waals surface area (Å²) in [6, 6.07) is 8.64. The van der Waals surface area contributed by atoms with Crippen LogP contribution >= 0.6 is 22.7 Å². The largest absolute Gasteiger partial charge is 0.335 e. The van der Waals surface area contributed by atoms with E-state index in [0.717, 1.165) is 34.0 Å². The highest BCUT2D eigenvalue weighted by atomic mass is 32.1. The van der Waals surface area contributed by atoms with E-state index in [2.05, 4.69) is 9.88 Å². The van der Waals surface area contributed by atoms with Gasteiger partial charge in [-0.05, 0) is 36.2 Å². The number of rotatable bonds is 4. The zero-order valence-electron chi connectivity index (χ0n) is 17.7. The van der Waals surface area contributed by atoms with Crippen LogP contribution in [0.25, 0.3) is 11.1 Å². The summed E-state index contributed by atoms with van der Waals surface area (Å²) in [5, 5.41) is 2.37. The second-order valence-electron chi connectivity index (χ2n) is 8.12. The second kappa shape index (κ2) is 8.73. The van der Waals surface area contributed by atoms with Gasteiger partial charge >= 0.3 is 0 Å². The van der Waals surface area contributed by atoms with Crippen LogP contribution in [0.15, 0.2) is 41.9 Å². The number of aryl methyl sites for hydroxylation is 1. The normalized spacial score (nSPS) is 17.4. The first kappa shape index (κ1) is 21.2. The molecule has 2 fully saturated rings. The van der Waals surface area contributed by atoms with Crippen LogP contribution < -0.4 is 0 Å². The van der Waals surface area contributed by atoms with Gasteiger partial charge in [-0.15, -0.1) is 22.7 Å². The van der Waals surface area contributed by atoms with Crippen LogP contribution in [0.1, 0.15) is 24.4 Å². The Hall–Kier alpha value is -2.62. The number of likely N-dealkylation sites (tertiary alicyclic amines) is 1. The number of hydrogen-bond donors (Lipinski definition) is 0. The fourth-order valence-corrected chi connectivity index (χ4v) is 5.88. The smallest absolute Gasteiger partial charge is 0.282 e. The van der Waals surface area contributed by atoms with Gasteiger partial charge in [0, 0.05) is 61.8 Å². The van der Waals surface area contributed by atoms with Crippen molar-refractivity contribution >= 4 is 34.5 Å². The fraction of sp³-hybridized carbons (Fsp3) is 0.348. The Kier molecular flexibility index (Phi) is 5.79. The number of carbonyl (C=O) groups is 2. The highest BCUT2D eigenvalue weighted by Crippen LogP contribution is 2.33. The van der Waals surface area contributed by atoms with E-state index in [1.807, 2.05) is 28.2 Å². The van der Waals surface area contributed by atoms with E-state index < -0.39 is 0 Å². The second-order valence-corrected chi connectivity index (χ2v) is 10.3. The van der Waals surface area contributed by atoms with Crippen LogP contribution in [0.5, 0.6) is 0 Å². The molecule has 0 radical (unpaired) electrons. The molecule has 9 heteroatoms. The van der Waals surface area contributed by atoms with Crippen molar-refractivity contribution in [2.45, 2.75) is 13.0 Å². The first-order valence-corrected chi connectivity index (χ1v) is 12.3. The Labute approximate surface area is 193 Å². The molecule has 0 atom stereocenters. The Morgan fingerprint density at radius 2 is 1.75 bits per heavy atom. The number of nitrogens with zero attached hydrogens (tertiary/aromatic N) is 4. The Balaban J connectivity index is 1.15. The highest BCUT2D eigenvalue weighted by Gasteiger charge is 2.37. The quantitative estimate of drug-likeness (QED) is 0.585. The van der Waals surface area contributed by atoms with Crippen LogP contribution in [0.3, 0.4) is 0 Å². The molecule has 2 aromatic heterocycles. The molecule has 0 saturated carbocycles. The summed E-state index contributed by atoms with van der Waals surface area (Å²) < 4.78 is 13.2. The molecule has 32 heavy (non-hydrogen) atoms. The number of amides is 2. The highest BCUT2D eigenvalue weighted by molar-refractivity contribution is 7.14. The Morgan fingerprint density at radius 3 is 2.41 bits per heavy atom. The summed E-state index contributed by atoms with van der Waals surface area (Å²) >= 11 is 2.87. The summed E-state index contributed by atoms with van der Waals surface area (Å²) in [6.45, 7) is 6.42. The van der Waals surface area contributed by atoms with Gasteiger partial charge in [0.25, 0.3) is 11.8 Å². The molecule has 0 N–H and O–H groups in total. The predicted molar refractivity (Wildman–Crippen MR) is 124 cm³/mol. The van der Waals surface area contributed by atoms with Crippen molar-refractivity contribution in [3.8, 4) is 11.1 Å². The van der Waals surface area contributed by atoms with Crippen LogP contribution in [-0.2, 0) is 0 Å². The number of benzene rings is 1. The average Bonchev–Trinajstić information content (AvgIpc) is 3.43. The van der Waals surface area contributed by atoms with Gasteiger partial charge in [0.1, 0.15) is 5.82 Å². The van der Waals surface area contributed by atoms with Crippen LogP contribution in [0.4, 0.5) is 4.39 Å². The number of hydrogen-bond acceptors (Lipinski definition) is 6. The third kappa shape index (κ3) is 4.07. The van der Waals surface area contributed by atoms with E-state index >= 15 is 0 Å². The zero-order chi connectivity index (χ0) is 22.2. The molecule has 6 nitrogen and oxygen atoms in total. The molecule has 0 aliphatic carbocycles. The minimum atomic E-state index is -0.266. The Bertz CT molecular complexity index is 1120. The molecule has 0 spiro atoms. The SMILES string of the molecule is Cc1sc(C(=O)N2CC(N3CCN(C(=O)c4nccs4)CC3)C2)cc1-c1ccc(F)cc1. The number of halogens is 1. The third-order valence-corrected chi connectivity index (χ3v) is 7.97. The lowest BCUT2D eigenvalue weighted by atomic mass is 10.0. The van der Waals surface area contributed by atoms with Gasteiger partial charge in [0.15, 0.2) is 5.01 Å². The maximum Gasteiger partial charge on any atom is 0.282 e. The fourth-order valence-electron chi connectivity index (χ4n) is 4.27. The van der Waals surface area contributed by atoms with Crippen molar-refractivity contribution in [3.05, 3.63) is 62.5 Å². The number of carbonyl (C=O) groups excluding carboxylic acids is 2. The summed E-state index contributed by atoms with van der Waals surface area (Å²) in [6.07, 6.45) is 1.66. The first-order chi connectivity index (χ1) is 15.5. The molecule has 166 valence electrons. The first-order valence-electron chi connectivity index (χ1n) is 10.6. The van der Waals surface area contributed by atoms with Crippen LogP contribution in [0, 0.1) is 12.7 Å². The summed E-state index contributed by atoms with van der Waals surface area (Å²) in [7, 11) is 0. The molecular weight excluding hydrogens is 447 g/mol. The topological polar surface area (TPSA) is 56.8 Å². The van der Waals surface area contributed by atoms with Crippen LogP contribution in [-0.4, -0.2) is 76.8 Å². The molecule has 2 amide bonds. The minimum absolute atomic E-state index is 0.00934. The van der Waals surface area contributed by atoms with Gasteiger partial charge in [0.05, 0.1) is 4.88 Å². The van der Waals surface area contributed by atoms with E-state index in [4.69, 9.17) is 0 Å². The molecular formula is C23H23FN4O2S2. The molecule has 1 aromatic carbocycles. The number of thiophene rings is 1. The maximum atomic E-state index is 13.2. The van der Waals surface area contributed by atoms with E-state index in [-0.39, 0.29) is 17.6 Å². The summed E-state index contributed by atoms with van der Waals surface area (Å²) in [5.41, 5.74) is 1.90. The van der Waals surface area contributed by atoms with Crippen molar-refractivity contribution < 1.29 is 14.0 Å². The molecule has 3 aromatic rings. The molecule has 0 unspecified atom stereocenters. The molecule has 4 heterocycles. The summed E-state index contributed by atoms with van der Waals surface area (Å²) in [4.78, 5) is 37.4. The standard InChI is InChI=1S/C23H23FN4O2S2/c1-15-19(16-2-4-17(24)5-3-16)12-20(32-15)22(29)28-13-18(14-28)26-7-9-27(10-8-26)23(30)21-25-6-11-31-21/h2-6,11-12,18H,7-10,13-14H2,1H3. The molecule has 2 aliphatic rings. The van der Waals surface area contributed by atoms with Gasteiger partial charge < -0.3 is 9.80 Å². The van der Waals surface area contributed by atoms with Gasteiger partial charge in [-0.25, -0.2) is 9.37 Å². The number of aromatic nitrogens is 1. The van der Waals surface area contributed by atoms with Gasteiger partial charge in [-0.2, -0.15) is 0 Å². The van der Waals surface area contributed by atoms with E-state index in [0.29, 0.717) is 37.2 Å². The predicted octanol–water partition coefficient (Wildman–Crippen LogP) is 3.60. The van der Waals surface area contributed by atoms with E-state index in [9.17, 15) is 14.0 Å². The van der Waals surface area contributed by atoms with Crippen molar-refractivity contribution in [1.82, 2.24) is 19.7 Å². The van der Waals surface area contributed by atoms with E-state index in [1.165, 1.54) is 34.8 Å². The lowest BCUT2D eigenvalue weighted by molar-refractivity contribution is 0.00879. The lowest BCUT2D eigenvalue weighted by Gasteiger charge is -2.47. The molecule has 2 aliphatic heterocycles. The lowest BCUT2D eigenvalue weighted by Crippen LogP contribution is -2.64. The average molecular weight is 471 g/mol. The molecule has 2 saturated heterocycles. The van der Waals surface area contributed by atoms with Crippen molar-refractivity contribution in [1.29, 1.82) is 0 Å².